The predicted octanol–water partition coefficient (Wildman–Crippen LogP) is 0.881. The van der Waals surface area contributed by atoms with Gasteiger partial charge in [0, 0.05) is 11.6 Å². The molecule has 0 saturated carbocycles. The maximum Gasteiger partial charge on any atom is 0.333 e. The number of amides is 1. The van der Waals surface area contributed by atoms with Crippen LogP contribution in [0.4, 0.5) is 0 Å². The predicted molar refractivity (Wildman–Crippen MR) is 67.2 cm³/mol. The van der Waals surface area contributed by atoms with Crippen LogP contribution in [0.25, 0.3) is 0 Å². The first-order valence-electron chi connectivity index (χ1n) is 6.76. The Morgan fingerprint density at radius 3 is 2.79 bits per heavy atom. The number of carbonyl (C=O) groups excluding carboxylic acids is 2. The van der Waals surface area contributed by atoms with Crippen LogP contribution in [0.2, 0.25) is 0 Å². The van der Waals surface area contributed by atoms with Gasteiger partial charge in [0.05, 0.1) is 24.2 Å². The maximum absolute atomic E-state index is 12.3. The average Bonchev–Trinajstić information content (AvgIpc) is 2.91. The van der Waals surface area contributed by atoms with E-state index in [1.165, 1.54) is 0 Å². The summed E-state index contributed by atoms with van der Waals surface area (Å²) in [4.78, 5) is 25.9. The number of likely N-dealkylation sites (tertiary alicyclic amines) is 1. The van der Waals surface area contributed by atoms with Gasteiger partial charge < -0.3 is 14.4 Å². The molecule has 5 unspecified atom stereocenters. The lowest BCUT2D eigenvalue weighted by Gasteiger charge is -2.31. The van der Waals surface area contributed by atoms with Crippen molar-refractivity contribution < 1.29 is 19.1 Å². The van der Waals surface area contributed by atoms with Crippen molar-refractivity contribution in [3.05, 3.63) is 12.2 Å². The molecule has 0 aliphatic carbocycles. The molecule has 5 nitrogen and oxygen atoms in total. The Morgan fingerprint density at radius 2 is 2.21 bits per heavy atom. The van der Waals surface area contributed by atoms with Crippen LogP contribution in [0.15, 0.2) is 12.2 Å². The van der Waals surface area contributed by atoms with E-state index in [0.717, 1.165) is 0 Å². The summed E-state index contributed by atoms with van der Waals surface area (Å²) in [5.41, 5.74) is 0.375. The Bertz CT molecular complexity index is 458. The van der Waals surface area contributed by atoms with Gasteiger partial charge in [0.1, 0.15) is 0 Å². The summed E-state index contributed by atoms with van der Waals surface area (Å²) in [6.07, 6.45) is 0.0651. The van der Waals surface area contributed by atoms with Crippen LogP contribution in [-0.2, 0) is 19.1 Å². The number of nitrogens with zero attached hydrogens (tertiary/aromatic N) is 1. The van der Waals surface area contributed by atoms with Gasteiger partial charge in [-0.25, -0.2) is 4.79 Å². The second-order valence-electron chi connectivity index (χ2n) is 5.96. The van der Waals surface area contributed by atoms with Crippen LogP contribution in [0.5, 0.6) is 0 Å². The minimum absolute atomic E-state index is 0.0443. The van der Waals surface area contributed by atoms with E-state index < -0.39 is 5.97 Å². The van der Waals surface area contributed by atoms with Gasteiger partial charge in [0.25, 0.3) is 0 Å². The van der Waals surface area contributed by atoms with E-state index in [4.69, 9.17) is 9.47 Å². The molecule has 3 rings (SSSR count). The number of rotatable bonds is 3. The molecule has 0 aromatic carbocycles. The third kappa shape index (κ3) is 1.64. The zero-order valence-electron chi connectivity index (χ0n) is 11.5. The highest BCUT2D eigenvalue weighted by Gasteiger charge is 2.66. The smallest absolute Gasteiger partial charge is 0.333 e. The molecule has 3 heterocycles. The quantitative estimate of drug-likeness (QED) is 0.561. The first kappa shape index (κ1) is 12.7. The molecule has 0 radical (unpaired) electrons. The van der Waals surface area contributed by atoms with E-state index in [9.17, 15) is 9.59 Å². The van der Waals surface area contributed by atoms with Crippen molar-refractivity contribution in [3.8, 4) is 0 Å². The lowest BCUT2D eigenvalue weighted by atomic mass is 9.88. The van der Waals surface area contributed by atoms with Crippen molar-refractivity contribution in [1.29, 1.82) is 0 Å². The van der Waals surface area contributed by atoms with Crippen molar-refractivity contribution in [3.63, 3.8) is 0 Å². The Labute approximate surface area is 112 Å². The van der Waals surface area contributed by atoms with Gasteiger partial charge in [0.15, 0.2) is 6.10 Å². The van der Waals surface area contributed by atoms with Crippen LogP contribution in [0, 0.1) is 5.92 Å². The zero-order valence-corrected chi connectivity index (χ0v) is 11.5. The normalized spacial score (nSPS) is 39.3. The Balaban J connectivity index is 1.86. The molecule has 5 heteroatoms. The fraction of sp³-hybridized carbons (Fsp3) is 0.714. The maximum atomic E-state index is 12.3. The molecule has 0 aromatic rings. The Kier molecular flexibility index (Phi) is 2.71. The number of esters is 1. The molecule has 0 N–H and O–H groups in total. The van der Waals surface area contributed by atoms with Crippen LogP contribution in [0.1, 0.15) is 27.2 Å². The molecule has 0 spiro atoms. The molecule has 5 atom stereocenters. The molecule has 3 fully saturated rings. The van der Waals surface area contributed by atoms with Crippen molar-refractivity contribution >= 4 is 11.9 Å². The topological polar surface area (TPSA) is 55.8 Å². The van der Waals surface area contributed by atoms with Crippen LogP contribution < -0.4 is 0 Å². The van der Waals surface area contributed by atoms with Gasteiger partial charge in [-0.1, -0.05) is 6.58 Å². The van der Waals surface area contributed by atoms with E-state index in [-0.39, 0.29) is 42.2 Å². The van der Waals surface area contributed by atoms with E-state index in [1.54, 1.807) is 6.92 Å². The number of fused-ring (bicyclic) bond motifs is 1. The zero-order chi connectivity index (χ0) is 13.9. The summed E-state index contributed by atoms with van der Waals surface area (Å²) in [5, 5.41) is 0. The van der Waals surface area contributed by atoms with Crippen molar-refractivity contribution in [1.82, 2.24) is 4.90 Å². The number of ether oxygens (including phenoxy) is 2. The third-order valence-corrected chi connectivity index (χ3v) is 4.30. The molecule has 104 valence electrons. The molecular weight excluding hydrogens is 246 g/mol. The summed E-state index contributed by atoms with van der Waals surface area (Å²) >= 11 is 0. The summed E-state index contributed by atoms with van der Waals surface area (Å²) in [7, 11) is 0. The van der Waals surface area contributed by atoms with Gasteiger partial charge in [-0.05, 0) is 27.2 Å². The third-order valence-electron chi connectivity index (χ3n) is 4.30. The van der Waals surface area contributed by atoms with Gasteiger partial charge in [-0.15, -0.1) is 0 Å². The van der Waals surface area contributed by atoms with Gasteiger partial charge in [-0.2, -0.15) is 0 Å². The first-order chi connectivity index (χ1) is 8.91. The lowest BCUT2D eigenvalue weighted by Crippen LogP contribution is -2.49. The number of hydrogen-bond donors (Lipinski definition) is 0. The monoisotopic (exact) mass is 265 g/mol. The second kappa shape index (κ2) is 4.07. The molecular formula is C14H19NO4. The highest BCUT2D eigenvalue weighted by atomic mass is 16.6. The summed E-state index contributed by atoms with van der Waals surface area (Å²) in [6, 6.07) is -0.0315. The lowest BCUT2D eigenvalue weighted by molar-refractivity contribution is -0.150. The van der Waals surface area contributed by atoms with E-state index in [2.05, 4.69) is 6.58 Å². The van der Waals surface area contributed by atoms with Crippen LogP contribution in [0.3, 0.4) is 0 Å². The second-order valence-corrected chi connectivity index (χ2v) is 5.96. The fourth-order valence-electron chi connectivity index (χ4n) is 3.54. The van der Waals surface area contributed by atoms with E-state index in [0.29, 0.717) is 12.0 Å². The van der Waals surface area contributed by atoms with Crippen LogP contribution >= 0.6 is 0 Å². The largest absolute Gasteiger partial charge is 0.454 e. The van der Waals surface area contributed by atoms with Gasteiger partial charge in [0.2, 0.25) is 5.91 Å². The molecule has 3 saturated heterocycles. The summed E-state index contributed by atoms with van der Waals surface area (Å²) < 4.78 is 11.3. The minimum Gasteiger partial charge on any atom is -0.454 e. The van der Waals surface area contributed by atoms with Crippen molar-refractivity contribution in [2.75, 3.05) is 0 Å². The molecule has 1 amide bonds. The number of hydrogen-bond acceptors (Lipinski definition) is 4. The van der Waals surface area contributed by atoms with Gasteiger partial charge >= 0.3 is 5.97 Å². The molecule has 3 aliphatic heterocycles. The van der Waals surface area contributed by atoms with Crippen molar-refractivity contribution in [2.24, 2.45) is 5.92 Å². The molecule has 2 bridgehead atoms. The fourth-order valence-corrected chi connectivity index (χ4v) is 3.54. The first-order valence-corrected chi connectivity index (χ1v) is 6.76. The highest BCUT2D eigenvalue weighted by molar-refractivity contribution is 5.88. The summed E-state index contributed by atoms with van der Waals surface area (Å²) in [5.74, 6) is -0.306. The molecule has 19 heavy (non-hydrogen) atoms. The number of carbonyl (C=O) groups is 2. The molecule has 0 aromatic heterocycles. The Hall–Kier alpha value is -1.36. The highest BCUT2D eigenvalue weighted by Crippen LogP contribution is 2.49. The van der Waals surface area contributed by atoms with Crippen molar-refractivity contribution in [2.45, 2.75) is 57.6 Å². The SMILES string of the molecule is C=C(C)C(=O)OC1C2CC3C(=O)N(C(C)C)C1C3O2. The molecule has 3 aliphatic rings. The van der Waals surface area contributed by atoms with E-state index >= 15 is 0 Å². The van der Waals surface area contributed by atoms with Crippen LogP contribution in [-0.4, -0.2) is 47.2 Å². The Morgan fingerprint density at radius 1 is 1.53 bits per heavy atom. The summed E-state index contributed by atoms with van der Waals surface area (Å²) in [6.45, 7) is 9.18. The van der Waals surface area contributed by atoms with E-state index in [1.807, 2.05) is 18.7 Å². The van der Waals surface area contributed by atoms with Gasteiger partial charge in [-0.3, -0.25) is 4.79 Å². The standard InChI is InChI=1S/C14H19NO4/c1-6(2)14(17)19-12-9-5-8-11(18-9)10(12)15(7(3)4)13(8)16/h7-12H,1,5H2,2-4H3. The minimum atomic E-state index is -0.402. The average molecular weight is 265 g/mol.